The number of ether oxygens (including phenoxy) is 1. The Morgan fingerprint density at radius 2 is 2.50 bits per heavy atom. The highest BCUT2D eigenvalue weighted by atomic mass is 32.1. The summed E-state index contributed by atoms with van der Waals surface area (Å²) in [7, 11) is 5.56. The van der Waals surface area contributed by atoms with Gasteiger partial charge in [-0.25, -0.2) is 0 Å². The highest BCUT2D eigenvalue weighted by molar-refractivity contribution is 7.11. The third kappa shape index (κ3) is 0.898. The van der Waals surface area contributed by atoms with Crippen molar-refractivity contribution in [2.24, 2.45) is 0 Å². The second-order valence-corrected chi connectivity index (χ2v) is 3.68. The van der Waals surface area contributed by atoms with E-state index in [4.69, 9.17) is 12.6 Å². The maximum absolute atomic E-state index is 5.56. The van der Waals surface area contributed by atoms with Crippen molar-refractivity contribution in [2.75, 3.05) is 6.61 Å². The predicted octanol–water partition coefficient (Wildman–Crippen LogP) is 0.787. The summed E-state index contributed by atoms with van der Waals surface area (Å²) in [5, 5.41) is 1.95. The first-order valence-corrected chi connectivity index (χ1v) is 4.07. The Hall–Kier alpha value is -0.275. The van der Waals surface area contributed by atoms with Gasteiger partial charge in [0, 0.05) is 4.88 Å². The maximum Gasteiger partial charge on any atom is 0.123 e. The second-order valence-electron chi connectivity index (χ2n) is 2.76. The number of epoxide rings is 1. The van der Waals surface area contributed by atoms with Gasteiger partial charge in [-0.05, 0) is 12.3 Å². The summed E-state index contributed by atoms with van der Waals surface area (Å²) in [6.07, 6.45) is 0. The molecule has 1 aromatic heterocycles. The smallest absolute Gasteiger partial charge is 0.123 e. The molecule has 1 fully saturated rings. The summed E-state index contributed by atoms with van der Waals surface area (Å²) in [6, 6.07) is 1.98. The summed E-state index contributed by atoms with van der Waals surface area (Å²) in [4.78, 5) is 1.24. The van der Waals surface area contributed by atoms with Crippen LogP contribution in [0.1, 0.15) is 11.8 Å². The molecule has 0 N–H and O–H groups in total. The molecule has 1 aliphatic rings. The molecule has 1 aliphatic heterocycles. The molecule has 0 spiro atoms. The van der Waals surface area contributed by atoms with E-state index >= 15 is 0 Å². The van der Waals surface area contributed by atoms with Crippen LogP contribution in [0, 0.1) is 0 Å². The topological polar surface area (TPSA) is 12.5 Å². The van der Waals surface area contributed by atoms with Gasteiger partial charge in [-0.15, -0.1) is 11.3 Å². The molecule has 10 heavy (non-hydrogen) atoms. The second kappa shape index (κ2) is 1.86. The third-order valence-corrected chi connectivity index (χ3v) is 2.91. The molecule has 0 bridgehead atoms. The lowest BCUT2D eigenvalue weighted by atomic mass is 9.99. The Bertz CT molecular complexity index is 252. The van der Waals surface area contributed by atoms with Crippen molar-refractivity contribution < 1.29 is 4.74 Å². The molecule has 3 heteroatoms. The van der Waals surface area contributed by atoms with Crippen molar-refractivity contribution >= 4 is 24.6 Å². The molecule has 2 heterocycles. The van der Waals surface area contributed by atoms with Crippen molar-refractivity contribution in [3.8, 4) is 0 Å². The van der Waals surface area contributed by atoms with Crippen LogP contribution in [0.25, 0.3) is 0 Å². The van der Waals surface area contributed by atoms with Crippen LogP contribution < -0.4 is 5.46 Å². The Balaban J connectivity index is 2.34. The molecule has 2 radical (unpaired) electrons. The number of hydrogen-bond acceptors (Lipinski definition) is 2. The first-order chi connectivity index (χ1) is 4.71. The van der Waals surface area contributed by atoms with Gasteiger partial charge in [-0.1, -0.05) is 11.5 Å². The molecule has 1 atom stereocenters. The molecule has 0 amide bonds. The first-order valence-electron chi connectivity index (χ1n) is 3.19. The van der Waals surface area contributed by atoms with E-state index in [2.05, 4.69) is 6.92 Å². The van der Waals surface area contributed by atoms with Crippen molar-refractivity contribution in [1.29, 1.82) is 0 Å². The van der Waals surface area contributed by atoms with Crippen LogP contribution in [0.4, 0.5) is 0 Å². The summed E-state index contributed by atoms with van der Waals surface area (Å²) in [5.74, 6) is 0. The summed E-state index contributed by atoms with van der Waals surface area (Å²) in [6.45, 7) is 2.92. The Labute approximate surface area is 65.4 Å². The molecule has 1 nitrogen and oxygen atoms in total. The fourth-order valence-corrected chi connectivity index (χ4v) is 1.78. The highest BCUT2D eigenvalue weighted by Gasteiger charge is 2.42. The van der Waals surface area contributed by atoms with Gasteiger partial charge in [0.15, 0.2) is 0 Å². The lowest BCUT2D eigenvalue weighted by Gasteiger charge is -1.97. The third-order valence-electron chi connectivity index (χ3n) is 1.72. The summed E-state index contributed by atoms with van der Waals surface area (Å²) >= 11 is 1.67. The lowest BCUT2D eigenvalue weighted by Crippen LogP contribution is -2.01. The number of thiophene rings is 1. The Morgan fingerprint density at radius 3 is 2.90 bits per heavy atom. The van der Waals surface area contributed by atoms with Crippen LogP contribution in [-0.4, -0.2) is 14.5 Å². The van der Waals surface area contributed by atoms with Crippen LogP contribution in [0.2, 0.25) is 0 Å². The minimum absolute atomic E-state index is 0.00227. The van der Waals surface area contributed by atoms with Crippen molar-refractivity contribution in [3.05, 3.63) is 16.3 Å². The lowest BCUT2D eigenvalue weighted by molar-refractivity contribution is 0.334. The Kier molecular flexibility index (Phi) is 1.20. The van der Waals surface area contributed by atoms with Crippen LogP contribution in [0.3, 0.4) is 0 Å². The molecule has 50 valence electrons. The van der Waals surface area contributed by atoms with Crippen molar-refractivity contribution in [3.63, 3.8) is 0 Å². The summed E-state index contributed by atoms with van der Waals surface area (Å²) < 4.78 is 5.25. The largest absolute Gasteiger partial charge is 0.364 e. The zero-order chi connectivity index (χ0) is 7.19. The fraction of sp³-hybridized carbons (Fsp3) is 0.429. The standard InChI is InChI=1S/C7H7BOS/c1-7(4-9-7)6-2-5(8)3-10-6/h2-3H,4H2,1H3. The monoisotopic (exact) mass is 150 g/mol. The number of hydrogen-bond donors (Lipinski definition) is 0. The molecule has 2 rings (SSSR count). The normalized spacial score (nSPS) is 30.5. The van der Waals surface area contributed by atoms with Gasteiger partial charge in [-0.3, -0.25) is 0 Å². The average Bonchev–Trinajstić information content (AvgIpc) is 2.45. The van der Waals surface area contributed by atoms with E-state index < -0.39 is 0 Å². The SMILES string of the molecule is [B]c1csc(C2(C)CO2)c1. The molecular weight excluding hydrogens is 143 g/mol. The molecular formula is C7H7BOS. The molecule has 1 unspecified atom stereocenters. The average molecular weight is 150 g/mol. The Morgan fingerprint density at radius 1 is 1.80 bits per heavy atom. The maximum atomic E-state index is 5.56. The van der Waals surface area contributed by atoms with Crippen LogP contribution in [0.5, 0.6) is 0 Å². The first kappa shape index (κ1) is 6.44. The van der Waals surface area contributed by atoms with Crippen LogP contribution in [0.15, 0.2) is 11.4 Å². The van der Waals surface area contributed by atoms with Gasteiger partial charge in [-0.2, -0.15) is 0 Å². The molecule has 1 aromatic rings. The van der Waals surface area contributed by atoms with Gasteiger partial charge in [0.25, 0.3) is 0 Å². The van der Waals surface area contributed by atoms with Crippen LogP contribution >= 0.6 is 11.3 Å². The summed E-state index contributed by atoms with van der Waals surface area (Å²) in [5.41, 5.74) is 0.846. The minimum Gasteiger partial charge on any atom is -0.364 e. The van der Waals surface area contributed by atoms with Crippen molar-refractivity contribution in [1.82, 2.24) is 0 Å². The van der Waals surface area contributed by atoms with E-state index in [1.54, 1.807) is 11.3 Å². The minimum atomic E-state index is 0.00227. The zero-order valence-electron chi connectivity index (χ0n) is 5.76. The van der Waals surface area contributed by atoms with Gasteiger partial charge < -0.3 is 4.74 Å². The molecule has 0 saturated carbocycles. The molecule has 0 aliphatic carbocycles. The van der Waals surface area contributed by atoms with E-state index in [-0.39, 0.29) is 5.60 Å². The van der Waals surface area contributed by atoms with Gasteiger partial charge >= 0.3 is 0 Å². The number of rotatable bonds is 1. The van der Waals surface area contributed by atoms with E-state index in [1.165, 1.54) is 4.88 Å². The van der Waals surface area contributed by atoms with E-state index in [0.717, 1.165) is 12.1 Å². The van der Waals surface area contributed by atoms with Crippen LogP contribution in [-0.2, 0) is 10.3 Å². The van der Waals surface area contributed by atoms with Gasteiger partial charge in [0.2, 0.25) is 0 Å². The molecule has 0 aromatic carbocycles. The van der Waals surface area contributed by atoms with Gasteiger partial charge in [0.1, 0.15) is 13.4 Å². The predicted molar refractivity (Wildman–Crippen MR) is 43.0 cm³/mol. The van der Waals surface area contributed by atoms with Crippen molar-refractivity contribution in [2.45, 2.75) is 12.5 Å². The van der Waals surface area contributed by atoms with E-state index in [1.807, 2.05) is 11.4 Å². The quantitative estimate of drug-likeness (QED) is 0.425. The molecule has 1 saturated heterocycles. The van der Waals surface area contributed by atoms with Gasteiger partial charge in [0.05, 0.1) is 6.61 Å². The fourth-order valence-electron chi connectivity index (χ4n) is 0.879. The van der Waals surface area contributed by atoms with E-state index in [9.17, 15) is 0 Å². The zero-order valence-corrected chi connectivity index (χ0v) is 6.57. The highest BCUT2D eigenvalue weighted by Crippen LogP contribution is 2.39. The van der Waals surface area contributed by atoms with E-state index in [0.29, 0.717) is 0 Å².